The van der Waals surface area contributed by atoms with Crippen molar-refractivity contribution < 1.29 is 14.6 Å². The van der Waals surface area contributed by atoms with Gasteiger partial charge in [-0.1, -0.05) is 43.3 Å². The van der Waals surface area contributed by atoms with Crippen LogP contribution in [-0.4, -0.2) is 34.6 Å². The lowest BCUT2D eigenvalue weighted by Gasteiger charge is -2.32. The van der Waals surface area contributed by atoms with Gasteiger partial charge in [-0.15, -0.1) is 0 Å². The predicted molar refractivity (Wildman–Crippen MR) is 118 cm³/mol. The maximum absolute atomic E-state index is 12.0. The summed E-state index contributed by atoms with van der Waals surface area (Å²) in [6, 6.07) is 16.8. The largest absolute Gasteiger partial charge is 0.426 e. The van der Waals surface area contributed by atoms with Crippen LogP contribution in [0.3, 0.4) is 0 Å². The molecule has 0 aliphatic carbocycles. The zero-order valence-electron chi connectivity index (χ0n) is 18.4. The topological polar surface area (TPSA) is 49.8 Å². The van der Waals surface area contributed by atoms with Crippen molar-refractivity contribution in [1.82, 2.24) is 4.90 Å². The van der Waals surface area contributed by atoms with Crippen LogP contribution in [0.4, 0.5) is 0 Å². The van der Waals surface area contributed by atoms with Crippen molar-refractivity contribution in [3.63, 3.8) is 0 Å². The fraction of sp³-hybridized carbons (Fsp3) is 0.480. The molecule has 29 heavy (non-hydrogen) atoms. The highest BCUT2D eigenvalue weighted by molar-refractivity contribution is 5.72. The lowest BCUT2D eigenvalue weighted by molar-refractivity contribution is -0.134. The van der Waals surface area contributed by atoms with Gasteiger partial charge in [0.2, 0.25) is 0 Å². The van der Waals surface area contributed by atoms with E-state index < -0.39 is 0 Å². The van der Waals surface area contributed by atoms with Crippen LogP contribution in [0.2, 0.25) is 0 Å². The van der Waals surface area contributed by atoms with Gasteiger partial charge in [0, 0.05) is 30.0 Å². The highest BCUT2D eigenvalue weighted by Gasteiger charge is 2.23. The predicted octanol–water partition coefficient (Wildman–Crippen LogP) is 5.14. The third kappa shape index (κ3) is 6.41. The van der Waals surface area contributed by atoms with Crippen molar-refractivity contribution in [1.29, 1.82) is 0 Å². The van der Waals surface area contributed by atoms with Crippen molar-refractivity contribution in [3.8, 4) is 5.75 Å². The Labute approximate surface area is 175 Å². The van der Waals surface area contributed by atoms with Crippen LogP contribution in [-0.2, 0) is 11.4 Å². The molecule has 0 heterocycles. The normalized spacial score (nSPS) is 12.6. The smallest absolute Gasteiger partial charge is 0.310 e. The summed E-state index contributed by atoms with van der Waals surface area (Å²) in [6.07, 6.45) is 1.22. The summed E-state index contributed by atoms with van der Waals surface area (Å²) in [6.45, 7) is 11.6. The molecule has 0 bridgehead atoms. The van der Waals surface area contributed by atoms with Gasteiger partial charge < -0.3 is 9.84 Å². The third-order valence-corrected chi connectivity index (χ3v) is 5.35. The van der Waals surface area contributed by atoms with Gasteiger partial charge in [-0.25, -0.2) is 0 Å². The monoisotopic (exact) mass is 397 g/mol. The average Bonchev–Trinajstić information content (AvgIpc) is 2.71. The number of ether oxygens (including phenoxy) is 1. The number of rotatable bonds is 10. The molecule has 0 amide bonds. The van der Waals surface area contributed by atoms with Crippen LogP contribution >= 0.6 is 0 Å². The molecule has 0 saturated carbocycles. The molecule has 4 heteroatoms. The number of benzene rings is 2. The van der Waals surface area contributed by atoms with Crippen LogP contribution < -0.4 is 4.74 Å². The zero-order chi connectivity index (χ0) is 21.4. The molecule has 1 N–H and O–H groups in total. The molecule has 2 aromatic rings. The maximum Gasteiger partial charge on any atom is 0.310 e. The third-order valence-electron chi connectivity index (χ3n) is 5.35. The van der Waals surface area contributed by atoms with Gasteiger partial charge in [0.1, 0.15) is 5.75 Å². The van der Waals surface area contributed by atoms with E-state index in [9.17, 15) is 9.90 Å². The Balaban J connectivity index is 2.46. The van der Waals surface area contributed by atoms with Gasteiger partial charge in [-0.2, -0.15) is 0 Å². The van der Waals surface area contributed by atoms with E-state index in [1.165, 1.54) is 5.56 Å². The number of carbonyl (C=O) groups is 1. The molecule has 4 nitrogen and oxygen atoms in total. The Hall–Kier alpha value is -2.17. The SMILES string of the molecule is CCC(=O)Oc1ccc(CO)cc1[C@H](CCN(C(C)C)C(C)C)c1ccccc1. The molecule has 0 radical (unpaired) electrons. The highest BCUT2D eigenvalue weighted by Crippen LogP contribution is 2.36. The van der Waals surface area contributed by atoms with E-state index in [0.717, 1.165) is 24.1 Å². The van der Waals surface area contributed by atoms with Crippen LogP contribution in [0.1, 0.15) is 70.1 Å². The Morgan fingerprint density at radius 3 is 2.24 bits per heavy atom. The number of nitrogens with zero attached hydrogens (tertiary/aromatic N) is 1. The lowest BCUT2D eigenvalue weighted by Crippen LogP contribution is -2.38. The molecule has 0 aromatic heterocycles. The molecule has 0 unspecified atom stereocenters. The molecule has 1 atom stereocenters. The van der Waals surface area contributed by atoms with Crippen molar-refractivity contribution in [2.45, 2.75) is 72.1 Å². The van der Waals surface area contributed by atoms with Gasteiger partial charge in [-0.3, -0.25) is 9.69 Å². The van der Waals surface area contributed by atoms with Crippen molar-refractivity contribution in [3.05, 3.63) is 65.2 Å². The summed E-state index contributed by atoms with van der Waals surface area (Å²) in [4.78, 5) is 14.5. The summed E-state index contributed by atoms with van der Waals surface area (Å²) in [5, 5.41) is 9.68. The Bertz CT molecular complexity index is 763. The van der Waals surface area contributed by atoms with Crippen LogP contribution in [0.25, 0.3) is 0 Å². The van der Waals surface area contributed by atoms with Gasteiger partial charge in [0.15, 0.2) is 0 Å². The first-order valence-corrected chi connectivity index (χ1v) is 10.6. The first-order chi connectivity index (χ1) is 13.9. The number of hydrogen-bond donors (Lipinski definition) is 1. The average molecular weight is 398 g/mol. The molecule has 2 aromatic carbocycles. The van der Waals surface area contributed by atoms with Crippen LogP contribution in [0.5, 0.6) is 5.75 Å². The number of aliphatic hydroxyl groups is 1. The van der Waals surface area contributed by atoms with E-state index in [4.69, 9.17) is 4.74 Å². The Morgan fingerprint density at radius 1 is 1.03 bits per heavy atom. The minimum Gasteiger partial charge on any atom is -0.426 e. The molecule has 0 fully saturated rings. The highest BCUT2D eigenvalue weighted by atomic mass is 16.5. The molecular formula is C25H35NO3. The molecular weight excluding hydrogens is 362 g/mol. The van der Waals surface area contributed by atoms with Crippen LogP contribution in [0, 0.1) is 0 Å². The van der Waals surface area contributed by atoms with Gasteiger partial charge in [-0.05, 0) is 63.9 Å². The van der Waals surface area contributed by atoms with Crippen LogP contribution in [0.15, 0.2) is 48.5 Å². The molecule has 158 valence electrons. The van der Waals surface area contributed by atoms with Crippen molar-refractivity contribution >= 4 is 5.97 Å². The van der Waals surface area contributed by atoms with E-state index in [0.29, 0.717) is 24.3 Å². The molecule has 0 saturated heterocycles. The summed E-state index contributed by atoms with van der Waals surface area (Å²) in [7, 11) is 0. The lowest BCUT2D eigenvalue weighted by atomic mass is 9.86. The second-order valence-electron chi connectivity index (χ2n) is 8.04. The number of hydrogen-bond acceptors (Lipinski definition) is 4. The van der Waals surface area contributed by atoms with Gasteiger partial charge >= 0.3 is 5.97 Å². The Kier molecular flexibility index (Phi) is 8.87. The van der Waals surface area contributed by atoms with E-state index in [-0.39, 0.29) is 18.5 Å². The number of carbonyl (C=O) groups excluding carboxylic acids is 1. The first-order valence-electron chi connectivity index (χ1n) is 10.6. The molecule has 0 spiro atoms. The van der Waals surface area contributed by atoms with Crippen molar-refractivity contribution in [2.75, 3.05) is 6.54 Å². The van der Waals surface area contributed by atoms with Gasteiger partial charge in [0.25, 0.3) is 0 Å². The summed E-state index contributed by atoms with van der Waals surface area (Å²) in [5.74, 6) is 0.409. The van der Waals surface area contributed by atoms with E-state index in [1.807, 2.05) is 36.4 Å². The fourth-order valence-electron chi connectivity index (χ4n) is 3.83. The minimum absolute atomic E-state index is 0.0410. The zero-order valence-corrected chi connectivity index (χ0v) is 18.4. The second-order valence-corrected chi connectivity index (χ2v) is 8.04. The standard InChI is InChI=1S/C25H35NO3/c1-6-25(28)29-24-13-12-20(17-27)16-23(24)22(21-10-8-7-9-11-21)14-15-26(18(2)3)19(4)5/h7-13,16,18-19,22,27H,6,14-15,17H2,1-5H3/t22-/m1/s1. The summed E-state index contributed by atoms with van der Waals surface area (Å²) < 4.78 is 5.66. The molecule has 0 aliphatic rings. The second kappa shape index (κ2) is 11.1. The summed E-state index contributed by atoms with van der Waals surface area (Å²) in [5.41, 5.74) is 2.96. The number of aliphatic hydroxyl groups excluding tert-OH is 1. The minimum atomic E-state index is -0.249. The van der Waals surface area contributed by atoms with Gasteiger partial charge in [0.05, 0.1) is 6.61 Å². The molecule has 2 rings (SSSR count). The first kappa shape index (κ1) is 23.1. The fourth-order valence-corrected chi connectivity index (χ4v) is 3.83. The van der Waals surface area contributed by atoms with E-state index >= 15 is 0 Å². The maximum atomic E-state index is 12.0. The van der Waals surface area contributed by atoms with Crippen molar-refractivity contribution in [2.24, 2.45) is 0 Å². The Morgan fingerprint density at radius 2 is 1.69 bits per heavy atom. The molecule has 0 aliphatic heterocycles. The summed E-state index contributed by atoms with van der Waals surface area (Å²) >= 11 is 0. The van der Waals surface area contributed by atoms with E-state index in [1.54, 1.807) is 6.92 Å². The number of esters is 1. The van der Waals surface area contributed by atoms with E-state index in [2.05, 4.69) is 44.7 Å². The quantitative estimate of drug-likeness (QED) is 0.446.